The maximum atomic E-state index is 5.98. The lowest BCUT2D eigenvalue weighted by atomic mass is 9.84. The van der Waals surface area contributed by atoms with Gasteiger partial charge >= 0.3 is 0 Å². The van der Waals surface area contributed by atoms with E-state index in [4.69, 9.17) is 11.6 Å². The fourth-order valence-electron chi connectivity index (χ4n) is 2.19. The Kier molecular flexibility index (Phi) is 1.81. The molecule has 0 unspecified atom stereocenters. The summed E-state index contributed by atoms with van der Waals surface area (Å²) in [5, 5.41) is 4.21. The fraction of sp³-hybridized carbons (Fsp3) is 0.455. The maximum absolute atomic E-state index is 5.98. The topological polar surface area (TPSA) is 12.0 Å². The third-order valence-corrected chi connectivity index (χ3v) is 2.92. The zero-order valence-corrected chi connectivity index (χ0v) is 9.00. The van der Waals surface area contributed by atoms with Gasteiger partial charge in [-0.1, -0.05) is 25.4 Å². The van der Waals surface area contributed by atoms with Gasteiger partial charge in [0.25, 0.3) is 0 Å². The summed E-state index contributed by atoms with van der Waals surface area (Å²) in [5.74, 6) is 0. The molecule has 0 aromatic heterocycles. The molecular weight excluding hydrogens is 182 g/mol. The molecule has 0 amide bonds. The highest BCUT2D eigenvalue weighted by molar-refractivity contribution is 6.31. The minimum atomic E-state index is 0.240. The quantitative estimate of drug-likeness (QED) is 0.670. The van der Waals surface area contributed by atoms with E-state index in [0.29, 0.717) is 0 Å². The lowest BCUT2D eigenvalue weighted by Crippen LogP contribution is -2.19. The van der Waals surface area contributed by atoms with Crippen LogP contribution in [0.25, 0.3) is 0 Å². The van der Waals surface area contributed by atoms with E-state index in [9.17, 15) is 0 Å². The number of anilines is 1. The maximum Gasteiger partial charge on any atom is 0.0429 e. The first-order valence-corrected chi connectivity index (χ1v) is 4.93. The summed E-state index contributed by atoms with van der Waals surface area (Å²) in [5.41, 5.74) is 4.15. The van der Waals surface area contributed by atoms with Crippen molar-refractivity contribution in [1.82, 2.24) is 0 Å². The Bertz CT molecular complexity index is 355. The van der Waals surface area contributed by atoms with Crippen LogP contribution in [0.15, 0.2) is 12.1 Å². The first kappa shape index (κ1) is 8.89. The molecule has 1 aliphatic rings. The van der Waals surface area contributed by atoms with Gasteiger partial charge in [0.15, 0.2) is 0 Å². The highest BCUT2D eigenvalue weighted by atomic mass is 35.5. The molecular formula is C11H14ClN. The van der Waals surface area contributed by atoms with Crippen molar-refractivity contribution >= 4 is 17.3 Å². The summed E-state index contributed by atoms with van der Waals surface area (Å²) in [6.45, 7) is 7.64. The Morgan fingerprint density at radius 3 is 2.77 bits per heavy atom. The van der Waals surface area contributed by atoms with Gasteiger partial charge in [-0.15, -0.1) is 0 Å². The van der Waals surface area contributed by atoms with Crippen molar-refractivity contribution < 1.29 is 0 Å². The molecule has 0 atom stereocenters. The molecule has 2 heteroatoms. The molecule has 0 bridgehead atoms. The Morgan fingerprint density at radius 1 is 1.38 bits per heavy atom. The van der Waals surface area contributed by atoms with Crippen molar-refractivity contribution in [3.63, 3.8) is 0 Å². The number of hydrogen-bond donors (Lipinski definition) is 1. The lowest BCUT2D eigenvalue weighted by Gasteiger charge is -2.19. The number of rotatable bonds is 0. The largest absolute Gasteiger partial charge is 0.384 e. The molecule has 0 fully saturated rings. The van der Waals surface area contributed by atoms with Gasteiger partial charge in [0, 0.05) is 22.7 Å². The fourth-order valence-corrected chi connectivity index (χ4v) is 2.46. The first-order valence-electron chi connectivity index (χ1n) is 4.55. The van der Waals surface area contributed by atoms with Crippen LogP contribution in [0.2, 0.25) is 5.02 Å². The third kappa shape index (κ3) is 1.31. The van der Waals surface area contributed by atoms with Gasteiger partial charge in [-0.2, -0.15) is 0 Å². The van der Waals surface area contributed by atoms with Crippen molar-refractivity contribution in [3.05, 3.63) is 28.3 Å². The lowest BCUT2D eigenvalue weighted by molar-refractivity contribution is 0.583. The molecule has 0 aliphatic carbocycles. The van der Waals surface area contributed by atoms with Crippen LogP contribution < -0.4 is 5.32 Å². The molecule has 0 saturated carbocycles. The summed E-state index contributed by atoms with van der Waals surface area (Å²) in [6.07, 6.45) is 0. The average molecular weight is 196 g/mol. The van der Waals surface area contributed by atoms with Crippen LogP contribution in [0, 0.1) is 6.92 Å². The Morgan fingerprint density at radius 2 is 2.08 bits per heavy atom. The van der Waals surface area contributed by atoms with Crippen LogP contribution in [0.5, 0.6) is 0 Å². The van der Waals surface area contributed by atoms with E-state index in [1.165, 1.54) is 16.8 Å². The highest BCUT2D eigenvalue weighted by Gasteiger charge is 2.31. The highest BCUT2D eigenvalue weighted by Crippen LogP contribution is 2.39. The van der Waals surface area contributed by atoms with E-state index in [2.05, 4.69) is 26.1 Å². The van der Waals surface area contributed by atoms with E-state index < -0.39 is 0 Å². The van der Waals surface area contributed by atoms with Crippen molar-refractivity contribution in [3.8, 4) is 0 Å². The Hall–Kier alpha value is -0.690. The Labute approximate surface area is 84.1 Å². The van der Waals surface area contributed by atoms with Crippen LogP contribution in [0.4, 0.5) is 5.69 Å². The molecule has 0 saturated heterocycles. The molecule has 13 heavy (non-hydrogen) atoms. The second-order valence-electron chi connectivity index (χ2n) is 4.38. The SMILES string of the molecule is Cc1cc(Cl)cc2c1C(C)(C)CN2. The molecule has 1 aromatic rings. The monoisotopic (exact) mass is 195 g/mol. The molecule has 1 aliphatic heterocycles. The zero-order valence-electron chi connectivity index (χ0n) is 8.24. The van der Waals surface area contributed by atoms with Crippen LogP contribution in [0.3, 0.4) is 0 Å². The van der Waals surface area contributed by atoms with E-state index in [0.717, 1.165) is 11.6 Å². The van der Waals surface area contributed by atoms with Crippen molar-refractivity contribution in [2.45, 2.75) is 26.2 Å². The van der Waals surface area contributed by atoms with Gasteiger partial charge in [-0.25, -0.2) is 0 Å². The van der Waals surface area contributed by atoms with Gasteiger partial charge in [0.1, 0.15) is 0 Å². The van der Waals surface area contributed by atoms with Crippen molar-refractivity contribution in [2.75, 3.05) is 11.9 Å². The minimum absolute atomic E-state index is 0.240. The smallest absolute Gasteiger partial charge is 0.0429 e. The number of halogens is 1. The van der Waals surface area contributed by atoms with Gasteiger partial charge in [-0.05, 0) is 30.2 Å². The van der Waals surface area contributed by atoms with E-state index in [1.807, 2.05) is 12.1 Å². The number of aryl methyl sites for hydroxylation is 1. The van der Waals surface area contributed by atoms with E-state index in [1.54, 1.807) is 0 Å². The predicted molar refractivity (Wildman–Crippen MR) is 57.7 cm³/mol. The third-order valence-electron chi connectivity index (χ3n) is 2.70. The normalized spacial score (nSPS) is 18.2. The summed E-state index contributed by atoms with van der Waals surface area (Å²) < 4.78 is 0. The van der Waals surface area contributed by atoms with Crippen LogP contribution in [-0.4, -0.2) is 6.54 Å². The van der Waals surface area contributed by atoms with Crippen LogP contribution in [0.1, 0.15) is 25.0 Å². The summed E-state index contributed by atoms with van der Waals surface area (Å²) >= 11 is 5.98. The van der Waals surface area contributed by atoms with Crippen LogP contribution in [-0.2, 0) is 5.41 Å². The molecule has 1 aromatic carbocycles. The number of fused-ring (bicyclic) bond motifs is 1. The summed E-state index contributed by atoms with van der Waals surface area (Å²) in [4.78, 5) is 0. The van der Waals surface area contributed by atoms with Gasteiger partial charge in [0.05, 0.1) is 0 Å². The molecule has 1 heterocycles. The molecule has 1 N–H and O–H groups in total. The number of benzene rings is 1. The molecule has 0 radical (unpaired) electrons. The molecule has 0 spiro atoms. The standard InChI is InChI=1S/C11H14ClN/c1-7-4-8(12)5-9-10(7)11(2,3)6-13-9/h4-5,13H,6H2,1-3H3. The number of hydrogen-bond acceptors (Lipinski definition) is 1. The number of nitrogens with one attached hydrogen (secondary N) is 1. The second kappa shape index (κ2) is 2.65. The second-order valence-corrected chi connectivity index (χ2v) is 4.82. The molecule has 1 nitrogen and oxygen atoms in total. The molecule has 2 rings (SSSR count). The van der Waals surface area contributed by atoms with Gasteiger partial charge < -0.3 is 5.32 Å². The average Bonchev–Trinajstić information content (AvgIpc) is 2.26. The van der Waals surface area contributed by atoms with Crippen LogP contribution >= 0.6 is 11.6 Å². The van der Waals surface area contributed by atoms with E-state index >= 15 is 0 Å². The van der Waals surface area contributed by atoms with Crippen molar-refractivity contribution in [1.29, 1.82) is 0 Å². The van der Waals surface area contributed by atoms with Gasteiger partial charge in [-0.3, -0.25) is 0 Å². The van der Waals surface area contributed by atoms with Gasteiger partial charge in [0.2, 0.25) is 0 Å². The Balaban J connectivity index is 2.65. The summed E-state index contributed by atoms with van der Waals surface area (Å²) in [6, 6.07) is 4.05. The molecule has 70 valence electrons. The zero-order chi connectivity index (χ0) is 9.64. The van der Waals surface area contributed by atoms with E-state index in [-0.39, 0.29) is 5.41 Å². The minimum Gasteiger partial charge on any atom is -0.384 e. The summed E-state index contributed by atoms with van der Waals surface area (Å²) in [7, 11) is 0. The predicted octanol–water partition coefficient (Wildman–Crippen LogP) is 3.35. The first-order chi connectivity index (χ1) is 6.00. The van der Waals surface area contributed by atoms with Crippen molar-refractivity contribution in [2.24, 2.45) is 0 Å².